The molecule has 0 aliphatic heterocycles. The minimum Gasteiger partial charge on any atom is -0.481 e. The lowest BCUT2D eigenvalue weighted by Gasteiger charge is -2.16. The second-order valence-electron chi connectivity index (χ2n) is 4.33. The van der Waals surface area contributed by atoms with Crippen molar-refractivity contribution in [2.24, 2.45) is 0 Å². The van der Waals surface area contributed by atoms with Crippen LogP contribution in [0.15, 0.2) is 18.2 Å². The molecule has 0 aliphatic carbocycles. The molecular weight excluding hydrogens is 262 g/mol. The van der Waals surface area contributed by atoms with Crippen molar-refractivity contribution in [1.82, 2.24) is 5.32 Å². The molecule has 1 aromatic carbocycles. The van der Waals surface area contributed by atoms with Crippen LogP contribution in [0.1, 0.15) is 22.8 Å². The van der Waals surface area contributed by atoms with Crippen molar-refractivity contribution in [3.63, 3.8) is 0 Å². The molecule has 0 saturated heterocycles. The van der Waals surface area contributed by atoms with Crippen LogP contribution < -0.4 is 10.1 Å². The van der Waals surface area contributed by atoms with E-state index in [0.717, 1.165) is 5.56 Å². The largest absolute Gasteiger partial charge is 0.481 e. The average molecular weight is 281 g/mol. The number of aromatic carboxylic acids is 1. The number of amides is 1. The molecule has 0 heterocycles. The molecule has 1 aromatic rings. The first-order valence-corrected chi connectivity index (χ1v) is 6.23. The van der Waals surface area contributed by atoms with Crippen molar-refractivity contribution in [3.05, 3.63) is 29.3 Å². The van der Waals surface area contributed by atoms with Crippen LogP contribution in [0.2, 0.25) is 0 Å². The highest BCUT2D eigenvalue weighted by molar-refractivity contribution is 5.88. The Bertz CT molecular complexity index is 486. The van der Waals surface area contributed by atoms with Crippen LogP contribution in [0.25, 0.3) is 0 Å². The zero-order valence-corrected chi connectivity index (χ0v) is 11.8. The van der Waals surface area contributed by atoms with E-state index in [4.69, 9.17) is 14.6 Å². The van der Waals surface area contributed by atoms with E-state index in [9.17, 15) is 9.59 Å². The maximum absolute atomic E-state index is 11.7. The van der Waals surface area contributed by atoms with Gasteiger partial charge >= 0.3 is 5.97 Å². The molecule has 110 valence electrons. The molecule has 20 heavy (non-hydrogen) atoms. The SMILES string of the molecule is COCCNC(=O)[C@H](C)Oc1cc(C(=O)O)ccc1C. The summed E-state index contributed by atoms with van der Waals surface area (Å²) in [5, 5.41) is 11.6. The van der Waals surface area contributed by atoms with Crippen molar-refractivity contribution in [2.75, 3.05) is 20.3 Å². The van der Waals surface area contributed by atoms with Gasteiger partial charge in [0, 0.05) is 13.7 Å². The number of hydrogen-bond donors (Lipinski definition) is 2. The van der Waals surface area contributed by atoms with Crippen molar-refractivity contribution in [1.29, 1.82) is 0 Å². The van der Waals surface area contributed by atoms with Gasteiger partial charge in [0.25, 0.3) is 5.91 Å². The first-order valence-electron chi connectivity index (χ1n) is 6.23. The number of benzene rings is 1. The Kier molecular flexibility index (Phi) is 5.99. The van der Waals surface area contributed by atoms with Crippen molar-refractivity contribution >= 4 is 11.9 Å². The lowest BCUT2D eigenvalue weighted by atomic mass is 10.1. The monoisotopic (exact) mass is 281 g/mol. The van der Waals surface area contributed by atoms with Crippen LogP contribution in [-0.4, -0.2) is 43.3 Å². The summed E-state index contributed by atoms with van der Waals surface area (Å²) < 4.78 is 10.3. The van der Waals surface area contributed by atoms with Gasteiger partial charge < -0.3 is 19.9 Å². The summed E-state index contributed by atoms with van der Waals surface area (Å²) in [6, 6.07) is 4.55. The van der Waals surface area contributed by atoms with Crippen LogP contribution >= 0.6 is 0 Å². The molecule has 0 radical (unpaired) electrons. The first-order chi connectivity index (χ1) is 9.45. The third kappa shape index (κ3) is 4.55. The number of carbonyl (C=O) groups is 2. The van der Waals surface area contributed by atoms with Gasteiger partial charge in [0.2, 0.25) is 0 Å². The molecule has 0 fully saturated rings. The van der Waals surface area contributed by atoms with Gasteiger partial charge in [0.05, 0.1) is 12.2 Å². The molecule has 2 N–H and O–H groups in total. The van der Waals surface area contributed by atoms with Gasteiger partial charge in [-0.1, -0.05) is 6.07 Å². The first kappa shape index (κ1) is 16.0. The number of carboxylic acids is 1. The minimum atomic E-state index is -1.04. The summed E-state index contributed by atoms with van der Waals surface area (Å²) in [6.45, 7) is 4.22. The fourth-order valence-corrected chi connectivity index (χ4v) is 1.52. The number of carbonyl (C=O) groups excluding carboxylic acids is 1. The number of hydrogen-bond acceptors (Lipinski definition) is 4. The summed E-state index contributed by atoms with van der Waals surface area (Å²) in [4.78, 5) is 22.7. The molecule has 0 aromatic heterocycles. The second kappa shape index (κ2) is 7.49. The number of carboxylic acid groups (broad SMARTS) is 1. The van der Waals surface area contributed by atoms with E-state index in [2.05, 4.69) is 5.32 Å². The topological polar surface area (TPSA) is 84.9 Å². The van der Waals surface area contributed by atoms with Gasteiger partial charge in [-0.05, 0) is 31.5 Å². The Labute approximate surface area is 117 Å². The van der Waals surface area contributed by atoms with Crippen LogP contribution in [0, 0.1) is 6.92 Å². The molecule has 6 nitrogen and oxygen atoms in total. The van der Waals surface area contributed by atoms with Gasteiger partial charge in [-0.3, -0.25) is 4.79 Å². The van der Waals surface area contributed by atoms with E-state index < -0.39 is 12.1 Å². The molecule has 0 spiro atoms. The summed E-state index contributed by atoms with van der Waals surface area (Å²) in [6.07, 6.45) is -0.713. The van der Waals surface area contributed by atoms with Crippen molar-refractivity contribution in [2.45, 2.75) is 20.0 Å². The Morgan fingerprint density at radius 2 is 2.10 bits per heavy atom. The zero-order chi connectivity index (χ0) is 15.1. The molecular formula is C14H19NO5. The highest BCUT2D eigenvalue weighted by Gasteiger charge is 2.16. The molecule has 0 unspecified atom stereocenters. The minimum absolute atomic E-state index is 0.123. The van der Waals surface area contributed by atoms with E-state index in [1.165, 1.54) is 12.1 Å². The lowest BCUT2D eigenvalue weighted by molar-refractivity contribution is -0.127. The van der Waals surface area contributed by atoms with E-state index in [1.54, 1.807) is 27.0 Å². The smallest absolute Gasteiger partial charge is 0.335 e. The fourth-order valence-electron chi connectivity index (χ4n) is 1.52. The molecule has 0 aliphatic rings. The number of aryl methyl sites for hydroxylation is 1. The van der Waals surface area contributed by atoms with Crippen molar-refractivity contribution in [3.8, 4) is 5.75 Å². The van der Waals surface area contributed by atoms with Gasteiger partial charge in [0.15, 0.2) is 6.10 Å². The zero-order valence-electron chi connectivity index (χ0n) is 11.8. The third-order valence-corrected chi connectivity index (χ3v) is 2.71. The van der Waals surface area contributed by atoms with Crippen LogP contribution in [-0.2, 0) is 9.53 Å². The molecule has 1 atom stereocenters. The van der Waals surface area contributed by atoms with Crippen LogP contribution in [0.5, 0.6) is 5.75 Å². The molecule has 6 heteroatoms. The quantitative estimate of drug-likeness (QED) is 0.734. The number of rotatable bonds is 7. The Balaban J connectivity index is 2.69. The van der Waals surface area contributed by atoms with E-state index >= 15 is 0 Å². The van der Waals surface area contributed by atoms with Gasteiger partial charge in [0.1, 0.15) is 5.75 Å². The summed E-state index contributed by atoms with van der Waals surface area (Å²) in [7, 11) is 1.55. The predicted octanol–water partition coefficient (Wildman–Crippen LogP) is 1.22. The number of methoxy groups -OCH3 is 1. The Morgan fingerprint density at radius 1 is 1.40 bits per heavy atom. The van der Waals surface area contributed by atoms with E-state index in [1.807, 2.05) is 0 Å². The van der Waals surface area contributed by atoms with Crippen LogP contribution in [0.4, 0.5) is 0 Å². The maximum Gasteiger partial charge on any atom is 0.335 e. The average Bonchev–Trinajstić information content (AvgIpc) is 2.41. The number of nitrogens with one attached hydrogen (secondary N) is 1. The van der Waals surface area contributed by atoms with Gasteiger partial charge in [-0.2, -0.15) is 0 Å². The van der Waals surface area contributed by atoms with Crippen LogP contribution in [0.3, 0.4) is 0 Å². The molecule has 1 rings (SSSR count). The number of ether oxygens (including phenoxy) is 2. The van der Waals surface area contributed by atoms with E-state index in [-0.39, 0.29) is 11.5 Å². The highest BCUT2D eigenvalue weighted by atomic mass is 16.5. The molecule has 0 bridgehead atoms. The standard InChI is InChI=1S/C14H19NO5/c1-9-4-5-11(14(17)18)8-12(9)20-10(2)13(16)15-6-7-19-3/h4-5,8,10H,6-7H2,1-3H3,(H,15,16)(H,17,18)/t10-/m0/s1. The Hall–Kier alpha value is -2.08. The van der Waals surface area contributed by atoms with Gasteiger partial charge in [-0.25, -0.2) is 4.79 Å². The highest BCUT2D eigenvalue weighted by Crippen LogP contribution is 2.21. The normalized spacial score (nSPS) is 11.8. The summed E-state index contributed by atoms with van der Waals surface area (Å²) in [5.41, 5.74) is 0.893. The lowest BCUT2D eigenvalue weighted by Crippen LogP contribution is -2.38. The molecule has 0 saturated carbocycles. The second-order valence-corrected chi connectivity index (χ2v) is 4.33. The maximum atomic E-state index is 11.7. The third-order valence-electron chi connectivity index (χ3n) is 2.71. The van der Waals surface area contributed by atoms with Crippen molar-refractivity contribution < 1.29 is 24.2 Å². The van der Waals surface area contributed by atoms with E-state index in [0.29, 0.717) is 18.9 Å². The Morgan fingerprint density at radius 3 is 2.70 bits per heavy atom. The summed E-state index contributed by atoms with van der Waals surface area (Å²) in [5.74, 6) is -0.923. The molecule has 1 amide bonds. The summed E-state index contributed by atoms with van der Waals surface area (Å²) >= 11 is 0. The fraction of sp³-hybridized carbons (Fsp3) is 0.429. The predicted molar refractivity (Wildman–Crippen MR) is 73.1 cm³/mol. The van der Waals surface area contributed by atoms with Gasteiger partial charge in [-0.15, -0.1) is 0 Å².